The van der Waals surface area contributed by atoms with E-state index < -0.39 is 0 Å². The third kappa shape index (κ3) is 1.98. The Kier molecular flexibility index (Phi) is 2.77. The number of amides is 2. The monoisotopic (exact) mass is 247 g/mol. The molecule has 0 spiro atoms. The summed E-state index contributed by atoms with van der Waals surface area (Å²) in [5.74, 6) is 1.33. The molecule has 0 bridgehead atoms. The van der Waals surface area contributed by atoms with Gasteiger partial charge in [-0.1, -0.05) is 12.8 Å². The van der Waals surface area contributed by atoms with Crippen molar-refractivity contribution >= 4 is 17.8 Å². The first-order valence-electron chi connectivity index (χ1n) is 6.38. The molecule has 18 heavy (non-hydrogen) atoms. The fourth-order valence-corrected chi connectivity index (χ4v) is 2.52. The van der Waals surface area contributed by atoms with Crippen molar-refractivity contribution in [2.24, 2.45) is 0 Å². The SMILES string of the molecule is CN1C(=O)NCc2cnc(NC3CCCC3)nc21. The summed E-state index contributed by atoms with van der Waals surface area (Å²) in [6, 6.07) is 0.360. The number of rotatable bonds is 2. The normalized spacial score (nSPS) is 19.6. The minimum atomic E-state index is -0.118. The smallest absolute Gasteiger partial charge is 0.323 e. The number of carbonyl (C=O) groups excluding carboxylic acids is 1. The molecule has 1 fully saturated rings. The van der Waals surface area contributed by atoms with Crippen molar-refractivity contribution in [1.29, 1.82) is 0 Å². The van der Waals surface area contributed by atoms with Gasteiger partial charge < -0.3 is 10.6 Å². The Labute approximate surface area is 106 Å². The van der Waals surface area contributed by atoms with Crippen molar-refractivity contribution < 1.29 is 4.79 Å². The number of hydrogen-bond donors (Lipinski definition) is 2. The van der Waals surface area contributed by atoms with Gasteiger partial charge in [-0.3, -0.25) is 4.90 Å². The zero-order chi connectivity index (χ0) is 12.5. The van der Waals surface area contributed by atoms with E-state index in [2.05, 4.69) is 20.6 Å². The second-order valence-corrected chi connectivity index (χ2v) is 4.89. The highest BCUT2D eigenvalue weighted by Crippen LogP contribution is 2.24. The second kappa shape index (κ2) is 4.44. The van der Waals surface area contributed by atoms with Gasteiger partial charge in [0.1, 0.15) is 5.82 Å². The predicted octanol–water partition coefficient (Wildman–Crippen LogP) is 1.49. The maximum atomic E-state index is 11.5. The quantitative estimate of drug-likeness (QED) is 0.830. The standard InChI is InChI=1S/C12H17N5O/c1-17-10-8(7-14-12(17)18)6-13-11(16-10)15-9-4-2-3-5-9/h6,9H,2-5,7H2,1H3,(H,14,18)(H,13,15,16). The maximum Gasteiger partial charge on any atom is 0.323 e. The Morgan fingerprint density at radius 2 is 2.22 bits per heavy atom. The van der Waals surface area contributed by atoms with Crippen molar-refractivity contribution in [3.8, 4) is 0 Å². The van der Waals surface area contributed by atoms with Gasteiger partial charge in [0.25, 0.3) is 0 Å². The van der Waals surface area contributed by atoms with E-state index in [1.165, 1.54) is 30.6 Å². The van der Waals surface area contributed by atoms with E-state index >= 15 is 0 Å². The van der Waals surface area contributed by atoms with Gasteiger partial charge in [0.05, 0.1) is 0 Å². The van der Waals surface area contributed by atoms with E-state index in [-0.39, 0.29) is 6.03 Å². The molecule has 1 aromatic heterocycles. The molecule has 0 saturated heterocycles. The van der Waals surface area contributed by atoms with Crippen LogP contribution in [0.1, 0.15) is 31.2 Å². The van der Waals surface area contributed by atoms with Crippen LogP contribution in [0.3, 0.4) is 0 Å². The highest BCUT2D eigenvalue weighted by molar-refractivity contribution is 5.93. The van der Waals surface area contributed by atoms with Crippen molar-refractivity contribution in [2.75, 3.05) is 17.3 Å². The van der Waals surface area contributed by atoms with Crippen LogP contribution in [0.2, 0.25) is 0 Å². The second-order valence-electron chi connectivity index (χ2n) is 4.89. The molecule has 0 atom stereocenters. The lowest BCUT2D eigenvalue weighted by atomic mass is 10.2. The van der Waals surface area contributed by atoms with Crippen LogP contribution in [0.4, 0.5) is 16.6 Å². The fraction of sp³-hybridized carbons (Fsp3) is 0.583. The van der Waals surface area contributed by atoms with Crippen LogP contribution in [-0.2, 0) is 6.54 Å². The van der Waals surface area contributed by atoms with E-state index in [1.54, 1.807) is 13.2 Å². The van der Waals surface area contributed by atoms with Gasteiger partial charge in [-0.25, -0.2) is 9.78 Å². The Hall–Kier alpha value is -1.85. The van der Waals surface area contributed by atoms with Crippen LogP contribution in [0.15, 0.2) is 6.20 Å². The van der Waals surface area contributed by atoms with Gasteiger partial charge in [-0.2, -0.15) is 4.98 Å². The number of nitrogens with one attached hydrogen (secondary N) is 2. The number of carbonyl (C=O) groups is 1. The largest absolute Gasteiger partial charge is 0.351 e. The summed E-state index contributed by atoms with van der Waals surface area (Å²) in [6.07, 6.45) is 6.68. The van der Waals surface area contributed by atoms with Crippen LogP contribution in [0.25, 0.3) is 0 Å². The molecule has 1 saturated carbocycles. The number of hydrogen-bond acceptors (Lipinski definition) is 4. The lowest BCUT2D eigenvalue weighted by Crippen LogP contribution is -2.42. The third-order valence-corrected chi connectivity index (χ3v) is 3.58. The molecule has 1 aromatic rings. The number of fused-ring (bicyclic) bond motifs is 1. The number of aromatic nitrogens is 2. The van der Waals surface area contributed by atoms with Gasteiger partial charge in [0.15, 0.2) is 0 Å². The Bertz CT molecular complexity index is 470. The van der Waals surface area contributed by atoms with Gasteiger partial charge in [-0.15, -0.1) is 0 Å². The highest BCUT2D eigenvalue weighted by Gasteiger charge is 2.23. The molecular weight excluding hydrogens is 230 g/mol. The third-order valence-electron chi connectivity index (χ3n) is 3.58. The van der Waals surface area contributed by atoms with E-state index in [0.29, 0.717) is 24.4 Å². The van der Waals surface area contributed by atoms with Gasteiger partial charge in [0.2, 0.25) is 5.95 Å². The average molecular weight is 247 g/mol. The van der Waals surface area contributed by atoms with Crippen molar-refractivity contribution in [3.63, 3.8) is 0 Å². The van der Waals surface area contributed by atoms with Crippen LogP contribution in [-0.4, -0.2) is 29.1 Å². The topological polar surface area (TPSA) is 70.2 Å². The summed E-state index contributed by atoms with van der Waals surface area (Å²) in [5, 5.41) is 6.11. The van der Waals surface area contributed by atoms with Crippen LogP contribution >= 0.6 is 0 Å². The number of anilines is 2. The molecule has 6 heteroatoms. The van der Waals surface area contributed by atoms with Gasteiger partial charge >= 0.3 is 6.03 Å². The minimum Gasteiger partial charge on any atom is -0.351 e. The predicted molar refractivity (Wildman–Crippen MR) is 68.5 cm³/mol. The minimum absolute atomic E-state index is 0.118. The summed E-state index contributed by atoms with van der Waals surface area (Å²) in [4.78, 5) is 21.8. The lowest BCUT2D eigenvalue weighted by Gasteiger charge is -2.25. The zero-order valence-electron chi connectivity index (χ0n) is 10.4. The lowest BCUT2D eigenvalue weighted by molar-refractivity contribution is 0.245. The van der Waals surface area contributed by atoms with E-state index in [9.17, 15) is 4.79 Å². The Morgan fingerprint density at radius 1 is 1.44 bits per heavy atom. The first-order valence-corrected chi connectivity index (χ1v) is 6.38. The summed E-state index contributed by atoms with van der Waals surface area (Å²) >= 11 is 0. The molecule has 0 aromatic carbocycles. The molecule has 2 heterocycles. The van der Waals surface area contributed by atoms with Crippen molar-refractivity contribution in [3.05, 3.63) is 11.8 Å². The molecule has 96 valence electrons. The van der Waals surface area contributed by atoms with Gasteiger partial charge in [0, 0.05) is 31.4 Å². The molecule has 2 N–H and O–H groups in total. The van der Waals surface area contributed by atoms with Crippen LogP contribution in [0, 0.1) is 0 Å². The fourth-order valence-electron chi connectivity index (χ4n) is 2.52. The van der Waals surface area contributed by atoms with Crippen molar-refractivity contribution in [2.45, 2.75) is 38.3 Å². The molecule has 2 aliphatic rings. The van der Waals surface area contributed by atoms with Crippen LogP contribution in [0.5, 0.6) is 0 Å². The molecule has 3 rings (SSSR count). The summed E-state index contributed by atoms with van der Waals surface area (Å²) < 4.78 is 0. The molecule has 1 aliphatic carbocycles. The van der Waals surface area contributed by atoms with Crippen molar-refractivity contribution in [1.82, 2.24) is 15.3 Å². The van der Waals surface area contributed by atoms with E-state index in [1.807, 2.05) is 0 Å². The Morgan fingerprint density at radius 3 is 3.00 bits per heavy atom. The zero-order valence-corrected chi connectivity index (χ0v) is 10.4. The number of urea groups is 1. The number of nitrogens with zero attached hydrogens (tertiary/aromatic N) is 3. The summed E-state index contributed by atoms with van der Waals surface area (Å²) in [7, 11) is 1.72. The summed E-state index contributed by atoms with van der Waals surface area (Å²) in [6.45, 7) is 0.502. The molecule has 0 radical (unpaired) electrons. The van der Waals surface area contributed by atoms with E-state index in [4.69, 9.17) is 0 Å². The highest BCUT2D eigenvalue weighted by atomic mass is 16.2. The first-order chi connectivity index (χ1) is 8.74. The molecule has 1 aliphatic heterocycles. The first kappa shape index (κ1) is 11.3. The Balaban J connectivity index is 1.82. The van der Waals surface area contributed by atoms with Crippen LogP contribution < -0.4 is 15.5 Å². The molecular formula is C12H17N5O. The van der Waals surface area contributed by atoms with E-state index in [0.717, 1.165) is 5.56 Å². The maximum absolute atomic E-state index is 11.5. The van der Waals surface area contributed by atoms with Gasteiger partial charge in [-0.05, 0) is 12.8 Å². The summed E-state index contributed by atoms with van der Waals surface area (Å²) in [5.41, 5.74) is 0.953. The average Bonchev–Trinajstić information content (AvgIpc) is 2.87. The molecule has 0 unspecified atom stereocenters. The molecule has 2 amide bonds. The molecule has 6 nitrogen and oxygen atoms in total.